The Bertz CT molecular complexity index is 763. The Hall–Kier alpha value is -2.02. The second-order valence-corrected chi connectivity index (χ2v) is 6.42. The van der Waals surface area contributed by atoms with Gasteiger partial charge in [0, 0.05) is 18.4 Å². The van der Waals surface area contributed by atoms with Gasteiger partial charge in [0.05, 0.1) is 11.4 Å². The molecule has 0 aliphatic carbocycles. The molecule has 20 heavy (non-hydrogen) atoms. The van der Waals surface area contributed by atoms with E-state index in [-0.39, 0.29) is 4.90 Å². The van der Waals surface area contributed by atoms with Crippen LogP contribution in [0.5, 0.6) is 0 Å². The van der Waals surface area contributed by atoms with Gasteiger partial charge in [0.25, 0.3) is 10.0 Å². The van der Waals surface area contributed by atoms with Crippen LogP contribution in [-0.4, -0.2) is 18.2 Å². The third kappa shape index (κ3) is 2.49. The van der Waals surface area contributed by atoms with E-state index in [1.165, 1.54) is 0 Å². The molecule has 0 radical (unpaired) electrons. The van der Waals surface area contributed by atoms with Crippen molar-refractivity contribution in [1.29, 1.82) is 0 Å². The Morgan fingerprint density at radius 3 is 2.40 bits per heavy atom. The van der Waals surface area contributed by atoms with Gasteiger partial charge in [-0.1, -0.05) is 0 Å². The number of nitrogens with one attached hydrogen (secondary N) is 1. The lowest BCUT2D eigenvalue weighted by atomic mass is 10.2. The molecule has 0 saturated carbocycles. The molecule has 0 bridgehead atoms. The molecule has 2 rings (SSSR count). The molecule has 0 atom stereocenters. The maximum absolute atomic E-state index is 12.5. The van der Waals surface area contributed by atoms with Gasteiger partial charge in [0.1, 0.15) is 4.90 Å². The first-order valence-corrected chi connectivity index (χ1v) is 7.60. The minimum atomic E-state index is -3.66. The summed E-state index contributed by atoms with van der Waals surface area (Å²) < 4.78 is 29.0. The molecule has 7 heteroatoms. The van der Waals surface area contributed by atoms with Gasteiger partial charge < -0.3 is 5.73 Å². The van der Waals surface area contributed by atoms with Crippen LogP contribution in [0, 0.1) is 20.8 Å². The largest absolute Gasteiger partial charge is 0.399 e. The minimum Gasteiger partial charge on any atom is -0.399 e. The van der Waals surface area contributed by atoms with Gasteiger partial charge in [-0.25, -0.2) is 8.42 Å². The van der Waals surface area contributed by atoms with E-state index in [1.807, 2.05) is 6.92 Å². The highest BCUT2D eigenvalue weighted by molar-refractivity contribution is 7.92. The summed E-state index contributed by atoms with van der Waals surface area (Å²) in [6, 6.07) is 5.02. The Balaban J connectivity index is 2.43. The number of aryl methyl sites for hydroxylation is 3. The van der Waals surface area contributed by atoms with Crippen LogP contribution in [0.15, 0.2) is 23.1 Å². The lowest BCUT2D eigenvalue weighted by molar-refractivity contribution is 0.599. The molecule has 1 aromatic heterocycles. The van der Waals surface area contributed by atoms with E-state index in [0.29, 0.717) is 22.8 Å². The van der Waals surface area contributed by atoms with Gasteiger partial charge in [-0.3, -0.25) is 9.40 Å². The number of anilines is 2. The smallest absolute Gasteiger partial charge is 0.265 e. The summed E-state index contributed by atoms with van der Waals surface area (Å²) in [5, 5.41) is 4.13. The van der Waals surface area contributed by atoms with Crippen LogP contribution in [0.4, 0.5) is 11.4 Å². The number of hydrogen-bond donors (Lipinski definition) is 2. The van der Waals surface area contributed by atoms with Crippen molar-refractivity contribution in [3.8, 4) is 0 Å². The van der Waals surface area contributed by atoms with Crippen LogP contribution < -0.4 is 10.5 Å². The molecule has 0 aliphatic heterocycles. The molecule has 0 fully saturated rings. The maximum atomic E-state index is 12.5. The molecule has 0 spiro atoms. The zero-order valence-electron chi connectivity index (χ0n) is 11.9. The number of hydrogen-bond acceptors (Lipinski definition) is 4. The molecule has 1 heterocycles. The quantitative estimate of drug-likeness (QED) is 0.844. The molecule has 108 valence electrons. The summed E-state index contributed by atoms with van der Waals surface area (Å²) in [6.45, 7) is 5.23. The summed E-state index contributed by atoms with van der Waals surface area (Å²) in [4.78, 5) is 0.217. The van der Waals surface area contributed by atoms with Crippen LogP contribution in [0.1, 0.15) is 17.0 Å². The first-order valence-electron chi connectivity index (χ1n) is 6.11. The summed E-state index contributed by atoms with van der Waals surface area (Å²) in [7, 11) is -1.94. The highest BCUT2D eigenvalue weighted by Gasteiger charge is 2.23. The van der Waals surface area contributed by atoms with E-state index < -0.39 is 10.0 Å². The number of nitrogen functional groups attached to an aromatic ring is 1. The second kappa shape index (κ2) is 4.82. The number of rotatable bonds is 3. The predicted molar refractivity (Wildman–Crippen MR) is 79.1 cm³/mol. The third-order valence-corrected chi connectivity index (χ3v) is 4.87. The van der Waals surface area contributed by atoms with Crippen molar-refractivity contribution in [2.75, 3.05) is 10.5 Å². The first kappa shape index (κ1) is 14.4. The monoisotopic (exact) mass is 294 g/mol. The SMILES string of the molecule is Cc1cc(NS(=O)(=O)c2c(C)nn(C)c2C)ccc1N. The number of aromatic nitrogens is 2. The maximum Gasteiger partial charge on any atom is 0.265 e. The number of sulfonamides is 1. The van der Waals surface area contributed by atoms with Crippen molar-refractivity contribution in [1.82, 2.24) is 9.78 Å². The Morgan fingerprint density at radius 1 is 1.25 bits per heavy atom. The lowest BCUT2D eigenvalue weighted by Gasteiger charge is -2.10. The van der Waals surface area contributed by atoms with Crippen molar-refractivity contribution in [3.63, 3.8) is 0 Å². The highest BCUT2D eigenvalue weighted by atomic mass is 32.2. The molecule has 0 saturated heterocycles. The molecule has 3 N–H and O–H groups in total. The van der Waals surface area contributed by atoms with Gasteiger partial charge in [0.15, 0.2) is 0 Å². The average Bonchev–Trinajstić information content (AvgIpc) is 2.58. The van der Waals surface area contributed by atoms with Gasteiger partial charge in [-0.15, -0.1) is 0 Å². The van der Waals surface area contributed by atoms with Crippen molar-refractivity contribution < 1.29 is 8.42 Å². The molecule has 6 nitrogen and oxygen atoms in total. The zero-order valence-corrected chi connectivity index (χ0v) is 12.7. The minimum absolute atomic E-state index is 0.217. The van der Waals surface area contributed by atoms with E-state index in [9.17, 15) is 8.42 Å². The highest BCUT2D eigenvalue weighted by Crippen LogP contribution is 2.23. The van der Waals surface area contributed by atoms with Crippen LogP contribution in [0.2, 0.25) is 0 Å². The number of benzene rings is 1. The summed E-state index contributed by atoms with van der Waals surface area (Å²) in [5.41, 5.74) is 8.74. The van der Waals surface area contributed by atoms with Gasteiger partial charge in [-0.05, 0) is 44.5 Å². The van der Waals surface area contributed by atoms with E-state index >= 15 is 0 Å². The predicted octanol–water partition coefficient (Wildman–Crippen LogP) is 1.73. The van der Waals surface area contributed by atoms with E-state index in [0.717, 1.165) is 5.56 Å². The standard InChI is InChI=1S/C13H18N4O2S/c1-8-7-11(5-6-12(8)14)16-20(18,19)13-9(2)15-17(4)10(13)3/h5-7,16H,14H2,1-4H3. The molecule has 0 aliphatic rings. The molecular formula is C13H18N4O2S. The van der Waals surface area contributed by atoms with Crippen molar-refractivity contribution in [2.45, 2.75) is 25.7 Å². The van der Waals surface area contributed by atoms with Gasteiger partial charge in [-0.2, -0.15) is 5.10 Å². The van der Waals surface area contributed by atoms with Gasteiger partial charge in [0.2, 0.25) is 0 Å². The second-order valence-electron chi connectivity index (χ2n) is 4.80. The normalized spacial score (nSPS) is 11.6. The Morgan fingerprint density at radius 2 is 1.90 bits per heavy atom. The number of nitrogens with two attached hydrogens (primary N) is 1. The molecule has 0 unspecified atom stereocenters. The zero-order chi connectivity index (χ0) is 15.1. The van der Waals surface area contributed by atoms with Gasteiger partial charge >= 0.3 is 0 Å². The fourth-order valence-electron chi connectivity index (χ4n) is 2.09. The number of nitrogens with zero attached hydrogens (tertiary/aromatic N) is 2. The van der Waals surface area contributed by atoms with Crippen LogP contribution in [0.3, 0.4) is 0 Å². The summed E-state index contributed by atoms with van der Waals surface area (Å²) in [5.74, 6) is 0. The fourth-order valence-corrected chi connectivity index (χ4v) is 3.58. The van der Waals surface area contributed by atoms with Crippen LogP contribution in [-0.2, 0) is 17.1 Å². The molecule has 0 amide bonds. The van der Waals surface area contributed by atoms with E-state index in [2.05, 4.69) is 9.82 Å². The van der Waals surface area contributed by atoms with E-state index in [1.54, 1.807) is 43.8 Å². The van der Waals surface area contributed by atoms with E-state index in [4.69, 9.17) is 5.73 Å². The van der Waals surface area contributed by atoms with Crippen molar-refractivity contribution in [2.24, 2.45) is 7.05 Å². The Kier molecular flexibility index (Phi) is 3.47. The van der Waals surface area contributed by atoms with Crippen molar-refractivity contribution >= 4 is 21.4 Å². The summed E-state index contributed by atoms with van der Waals surface area (Å²) >= 11 is 0. The fraction of sp³-hybridized carbons (Fsp3) is 0.308. The molecule has 1 aromatic carbocycles. The summed E-state index contributed by atoms with van der Waals surface area (Å²) in [6.07, 6.45) is 0. The Labute approximate surface area is 118 Å². The lowest BCUT2D eigenvalue weighted by Crippen LogP contribution is -2.15. The third-order valence-electron chi connectivity index (χ3n) is 3.23. The van der Waals surface area contributed by atoms with Crippen LogP contribution in [0.25, 0.3) is 0 Å². The first-order chi connectivity index (χ1) is 9.22. The molecular weight excluding hydrogens is 276 g/mol. The molecule has 2 aromatic rings. The van der Waals surface area contributed by atoms with Crippen LogP contribution >= 0.6 is 0 Å². The average molecular weight is 294 g/mol. The topological polar surface area (TPSA) is 90.0 Å². The van der Waals surface area contributed by atoms with Crippen molar-refractivity contribution in [3.05, 3.63) is 35.2 Å².